The lowest BCUT2D eigenvalue weighted by Crippen LogP contribution is -2.14. The highest BCUT2D eigenvalue weighted by Gasteiger charge is 1.99. The Morgan fingerprint density at radius 2 is 2.31 bits per heavy atom. The zero-order chi connectivity index (χ0) is 9.68. The predicted octanol–water partition coefficient (Wildman–Crippen LogP) is 2.99. The molecule has 0 bridgehead atoms. The van der Waals surface area contributed by atoms with Gasteiger partial charge in [-0.25, -0.2) is 0 Å². The number of nitrogens with one attached hydrogen (secondary N) is 1. The minimum absolute atomic E-state index is 0.548. The number of aryl methyl sites for hydroxylation is 1. The molecule has 72 valence electrons. The highest BCUT2D eigenvalue weighted by Crippen LogP contribution is 2.10. The van der Waals surface area contributed by atoms with Gasteiger partial charge in [-0.15, -0.1) is 0 Å². The summed E-state index contributed by atoms with van der Waals surface area (Å²) in [6, 6.07) is 4.64. The van der Waals surface area contributed by atoms with Crippen molar-refractivity contribution in [3.8, 4) is 0 Å². The maximum atomic E-state index is 4.15. The van der Waals surface area contributed by atoms with Crippen LogP contribution in [0.5, 0.6) is 0 Å². The van der Waals surface area contributed by atoms with E-state index in [1.165, 1.54) is 18.5 Å². The summed E-state index contributed by atoms with van der Waals surface area (Å²) in [7, 11) is 0. The van der Waals surface area contributed by atoms with Gasteiger partial charge in [0, 0.05) is 23.6 Å². The molecule has 1 unspecified atom stereocenters. The molecule has 1 aromatic heterocycles. The number of aromatic nitrogens is 1. The van der Waals surface area contributed by atoms with Gasteiger partial charge < -0.3 is 5.32 Å². The van der Waals surface area contributed by atoms with E-state index in [2.05, 4.69) is 30.2 Å². The molecule has 0 aromatic carbocycles. The van der Waals surface area contributed by atoms with E-state index in [1.807, 2.05) is 19.2 Å². The number of nitrogens with zero attached hydrogens (tertiary/aromatic N) is 1. The summed E-state index contributed by atoms with van der Waals surface area (Å²) in [6.45, 7) is 6.42. The average Bonchev–Trinajstić information content (AvgIpc) is 2.04. The predicted molar refractivity (Wildman–Crippen MR) is 57.0 cm³/mol. The number of hydrogen-bond acceptors (Lipinski definition) is 2. The van der Waals surface area contributed by atoms with Crippen LogP contribution >= 0.6 is 0 Å². The number of pyridine rings is 1. The van der Waals surface area contributed by atoms with Crippen molar-refractivity contribution in [2.45, 2.75) is 39.7 Å². The van der Waals surface area contributed by atoms with Crippen LogP contribution in [0.25, 0.3) is 0 Å². The zero-order valence-corrected chi connectivity index (χ0v) is 8.67. The first-order valence-corrected chi connectivity index (χ1v) is 4.91. The quantitative estimate of drug-likeness (QED) is 0.766. The fourth-order valence-corrected chi connectivity index (χ4v) is 1.43. The third kappa shape index (κ3) is 3.45. The van der Waals surface area contributed by atoms with E-state index < -0.39 is 0 Å². The normalized spacial score (nSPS) is 12.5. The largest absolute Gasteiger partial charge is 0.382 e. The van der Waals surface area contributed by atoms with E-state index in [4.69, 9.17) is 0 Å². The number of hydrogen-bond donors (Lipinski definition) is 1. The molecule has 0 aliphatic carbocycles. The van der Waals surface area contributed by atoms with E-state index >= 15 is 0 Å². The highest BCUT2D eigenvalue weighted by atomic mass is 14.9. The molecule has 1 aromatic rings. The van der Waals surface area contributed by atoms with Crippen LogP contribution in [0.15, 0.2) is 18.3 Å². The molecule has 0 amide bonds. The number of rotatable bonds is 4. The maximum Gasteiger partial charge on any atom is 0.0393 e. The smallest absolute Gasteiger partial charge is 0.0393 e. The van der Waals surface area contributed by atoms with Crippen LogP contribution in [0.4, 0.5) is 5.69 Å². The Morgan fingerprint density at radius 1 is 1.54 bits per heavy atom. The Hall–Kier alpha value is -1.05. The Kier molecular flexibility index (Phi) is 3.74. The van der Waals surface area contributed by atoms with Crippen LogP contribution in [0.1, 0.15) is 32.4 Å². The van der Waals surface area contributed by atoms with Crippen molar-refractivity contribution < 1.29 is 0 Å². The summed E-state index contributed by atoms with van der Waals surface area (Å²) in [4.78, 5) is 4.15. The molecular formula is C11H18N2. The van der Waals surface area contributed by atoms with Gasteiger partial charge in [-0.05, 0) is 32.4 Å². The minimum Gasteiger partial charge on any atom is -0.382 e. The fraction of sp³-hybridized carbons (Fsp3) is 0.545. The molecule has 0 saturated heterocycles. The molecule has 1 N–H and O–H groups in total. The molecule has 2 heteroatoms. The van der Waals surface area contributed by atoms with Crippen LogP contribution in [-0.4, -0.2) is 11.0 Å². The molecule has 1 rings (SSSR count). The molecule has 0 radical (unpaired) electrons. The summed E-state index contributed by atoms with van der Waals surface area (Å²) in [5, 5.41) is 3.44. The summed E-state index contributed by atoms with van der Waals surface area (Å²) < 4.78 is 0. The van der Waals surface area contributed by atoms with Crippen molar-refractivity contribution in [2.75, 3.05) is 5.32 Å². The van der Waals surface area contributed by atoms with Crippen LogP contribution in [0, 0.1) is 6.92 Å². The molecule has 2 nitrogen and oxygen atoms in total. The van der Waals surface area contributed by atoms with Crippen molar-refractivity contribution in [1.29, 1.82) is 0 Å². The second-order valence-corrected chi connectivity index (χ2v) is 3.52. The monoisotopic (exact) mass is 178 g/mol. The third-order valence-electron chi connectivity index (χ3n) is 2.03. The van der Waals surface area contributed by atoms with E-state index in [-0.39, 0.29) is 0 Å². The molecule has 0 aliphatic rings. The molecule has 13 heavy (non-hydrogen) atoms. The summed E-state index contributed by atoms with van der Waals surface area (Å²) >= 11 is 0. The van der Waals surface area contributed by atoms with Crippen molar-refractivity contribution in [3.05, 3.63) is 24.0 Å². The lowest BCUT2D eigenvalue weighted by atomic mass is 10.2. The zero-order valence-electron chi connectivity index (χ0n) is 8.67. The van der Waals surface area contributed by atoms with Crippen LogP contribution < -0.4 is 5.32 Å². The van der Waals surface area contributed by atoms with Gasteiger partial charge in [0.15, 0.2) is 0 Å². The van der Waals surface area contributed by atoms with Gasteiger partial charge in [-0.1, -0.05) is 13.3 Å². The molecule has 0 spiro atoms. The number of anilines is 1. The SMILES string of the molecule is CCCC(C)Nc1ccnc(C)c1. The Labute approximate surface area is 80.4 Å². The summed E-state index contributed by atoms with van der Waals surface area (Å²) in [6.07, 6.45) is 4.27. The Balaban J connectivity index is 2.53. The fourth-order valence-electron chi connectivity index (χ4n) is 1.43. The molecular weight excluding hydrogens is 160 g/mol. The van der Waals surface area contributed by atoms with Gasteiger partial charge in [-0.2, -0.15) is 0 Å². The van der Waals surface area contributed by atoms with Gasteiger partial charge in [0.05, 0.1) is 0 Å². The van der Waals surface area contributed by atoms with E-state index in [1.54, 1.807) is 0 Å². The van der Waals surface area contributed by atoms with Crippen LogP contribution in [0.3, 0.4) is 0 Å². The van der Waals surface area contributed by atoms with Crippen LogP contribution in [0.2, 0.25) is 0 Å². The van der Waals surface area contributed by atoms with E-state index in [0.29, 0.717) is 6.04 Å². The summed E-state index contributed by atoms with van der Waals surface area (Å²) in [5.41, 5.74) is 2.24. The van der Waals surface area contributed by atoms with Crippen molar-refractivity contribution >= 4 is 5.69 Å². The topological polar surface area (TPSA) is 24.9 Å². The van der Waals surface area contributed by atoms with E-state index in [9.17, 15) is 0 Å². The van der Waals surface area contributed by atoms with Crippen LogP contribution in [-0.2, 0) is 0 Å². The molecule has 0 fully saturated rings. The van der Waals surface area contributed by atoms with Gasteiger partial charge in [0.1, 0.15) is 0 Å². The molecule has 0 aliphatic heterocycles. The van der Waals surface area contributed by atoms with Crippen molar-refractivity contribution in [2.24, 2.45) is 0 Å². The first kappa shape index (κ1) is 10.0. The second kappa shape index (κ2) is 4.85. The average molecular weight is 178 g/mol. The Bertz CT molecular complexity index is 258. The summed E-state index contributed by atoms with van der Waals surface area (Å²) in [5.74, 6) is 0. The Morgan fingerprint density at radius 3 is 2.92 bits per heavy atom. The van der Waals surface area contributed by atoms with Gasteiger partial charge in [0.25, 0.3) is 0 Å². The molecule has 0 saturated carbocycles. The third-order valence-corrected chi connectivity index (χ3v) is 2.03. The lowest BCUT2D eigenvalue weighted by molar-refractivity contribution is 0.690. The van der Waals surface area contributed by atoms with Gasteiger partial charge in [-0.3, -0.25) is 4.98 Å². The van der Waals surface area contributed by atoms with E-state index in [0.717, 1.165) is 5.69 Å². The first-order valence-electron chi connectivity index (χ1n) is 4.91. The highest BCUT2D eigenvalue weighted by molar-refractivity contribution is 5.43. The minimum atomic E-state index is 0.548. The molecule has 1 heterocycles. The maximum absolute atomic E-state index is 4.15. The van der Waals surface area contributed by atoms with Gasteiger partial charge in [0.2, 0.25) is 0 Å². The van der Waals surface area contributed by atoms with Gasteiger partial charge >= 0.3 is 0 Å². The first-order chi connectivity index (χ1) is 6.22. The van der Waals surface area contributed by atoms with Crippen molar-refractivity contribution in [1.82, 2.24) is 4.98 Å². The standard InChI is InChI=1S/C11H18N2/c1-4-5-9(2)13-11-6-7-12-10(3)8-11/h6-9H,4-5H2,1-3H3,(H,12,13). The lowest BCUT2D eigenvalue weighted by Gasteiger charge is -2.14. The molecule has 1 atom stereocenters. The second-order valence-electron chi connectivity index (χ2n) is 3.52. The van der Waals surface area contributed by atoms with Crippen molar-refractivity contribution in [3.63, 3.8) is 0 Å².